The van der Waals surface area contributed by atoms with Crippen molar-refractivity contribution in [2.45, 2.75) is 31.9 Å². The van der Waals surface area contributed by atoms with Gasteiger partial charge in [0.05, 0.1) is 12.5 Å². The van der Waals surface area contributed by atoms with E-state index in [9.17, 15) is 13.6 Å². The van der Waals surface area contributed by atoms with Crippen LogP contribution in [0.4, 0.5) is 14.5 Å². The van der Waals surface area contributed by atoms with Crippen LogP contribution in [0.2, 0.25) is 0 Å². The highest BCUT2D eigenvalue weighted by Crippen LogP contribution is 2.24. The lowest BCUT2D eigenvalue weighted by atomic mass is 10.0. The van der Waals surface area contributed by atoms with Crippen molar-refractivity contribution < 1.29 is 23.0 Å². The maximum Gasteiger partial charge on any atom is 0.387 e. The van der Waals surface area contributed by atoms with Crippen molar-refractivity contribution in [3.8, 4) is 5.75 Å². The van der Waals surface area contributed by atoms with Gasteiger partial charge >= 0.3 is 6.61 Å². The Morgan fingerprint density at radius 1 is 1.29 bits per heavy atom. The Morgan fingerprint density at radius 3 is 2.75 bits per heavy atom. The van der Waals surface area contributed by atoms with Crippen LogP contribution in [0.3, 0.4) is 0 Å². The number of alkyl halides is 2. The van der Waals surface area contributed by atoms with E-state index < -0.39 is 6.61 Å². The minimum atomic E-state index is -2.81. The summed E-state index contributed by atoms with van der Waals surface area (Å²) in [7, 11) is 0. The first kappa shape index (κ1) is 17.0. The van der Waals surface area contributed by atoms with Crippen molar-refractivity contribution >= 4 is 11.6 Å². The zero-order chi connectivity index (χ0) is 16.9. The number of rotatable bonds is 5. The van der Waals surface area contributed by atoms with Crippen LogP contribution in [0.1, 0.15) is 19.3 Å². The van der Waals surface area contributed by atoms with Crippen LogP contribution in [0, 0.1) is 5.92 Å². The molecule has 2 fully saturated rings. The lowest BCUT2D eigenvalue weighted by molar-refractivity contribution is -0.125. The summed E-state index contributed by atoms with van der Waals surface area (Å²) in [5.41, 5.74) is 0.944. The molecule has 2 aliphatic rings. The number of nitrogens with zero attached hydrogens (tertiary/aromatic N) is 1. The molecule has 0 bridgehead atoms. The average Bonchev–Trinajstić information content (AvgIpc) is 3.10. The van der Waals surface area contributed by atoms with E-state index in [2.05, 4.69) is 15.0 Å². The SMILES string of the molecule is O=C(NC1CCCN(c2ccc(OC(F)F)cc2)C1)C1CCOC1. The van der Waals surface area contributed by atoms with Crippen molar-refractivity contribution in [1.82, 2.24) is 5.32 Å². The summed E-state index contributed by atoms with van der Waals surface area (Å²) in [6.45, 7) is -0.0528. The first-order chi connectivity index (χ1) is 11.6. The normalized spacial score (nSPS) is 24.2. The van der Waals surface area contributed by atoms with E-state index in [4.69, 9.17) is 4.74 Å². The molecule has 7 heteroatoms. The molecule has 0 aliphatic carbocycles. The zero-order valence-electron chi connectivity index (χ0n) is 13.4. The largest absolute Gasteiger partial charge is 0.435 e. The van der Waals surface area contributed by atoms with Crippen LogP contribution in [0.5, 0.6) is 5.75 Å². The monoisotopic (exact) mass is 340 g/mol. The van der Waals surface area contributed by atoms with E-state index in [1.807, 2.05) is 0 Å². The number of carbonyl (C=O) groups is 1. The van der Waals surface area contributed by atoms with Gasteiger partial charge < -0.3 is 19.7 Å². The molecule has 1 N–H and O–H groups in total. The Hall–Kier alpha value is -1.89. The van der Waals surface area contributed by atoms with Gasteiger partial charge in [0, 0.05) is 31.4 Å². The van der Waals surface area contributed by atoms with Gasteiger partial charge in [-0.2, -0.15) is 8.78 Å². The summed E-state index contributed by atoms with van der Waals surface area (Å²) in [5.74, 6) is 0.183. The van der Waals surface area contributed by atoms with Gasteiger partial charge in [-0.3, -0.25) is 4.79 Å². The van der Waals surface area contributed by atoms with Gasteiger partial charge in [-0.25, -0.2) is 0 Å². The van der Waals surface area contributed by atoms with Gasteiger partial charge in [-0.05, 0) is 43.5 Å². The lowest BCUT2D eigenvalue weighted by Crippen LogP contribution is -2.49. The van der Waals surface area contributed by atoms with E-state index in [0.717, 1.165) is 31.5 Å². The van der Waals surface area contributed by atoms with Gasteiger partial charge in [0.2, 0.25) is 5.91 Å². The van der Waals surface area contributed by atoms with Crippen molar-refractivity contribution in [3.05, 3.63) is 24.3 Å². The highest BCUT2D eigenvalue weighted by molar-refractivity contribution is 5.79. The molecule has 5 nitrogen and oxygen atoms in total. The number of benzene rings is 1. The molecule has 3 rings (SSSR count). The molecule has 1 amide bonds. The molecule has 1 aromatic rings. The molecule has 2 atom stereocenters. The molecule has 24 heavy (non-hydrogen) atoms. The Balaban J connectivity index is 1.55. The fourth-order valence-corrected chi connectivity index (χ4v) is 3.23. The standard InChI is InChI=1S/C17H22F2N2O3/c18-17(19)24-15-5-3-14(4-6-15)21-8-1-2-13(10-21)20-16(22)12-7-9-23-11-12/h3-6,12-13,17H,1-2,7-11H2,(H,20,22). The first-order valence-corrected chi connectivity index (χ1v) is 8.30. The predicted octanol–water partition coefficient (Wildman–Crippen LogP) is 2.41. The Labute approximate surface area is 139 Å². The van der Waals surface area contributed by atoms with Crippen molar-refractivity contribution in [3.63, 3.8) is 0 Å². The maximum absolute atomic E-state index is 12.2. The number of amides is 1. The molecule has 1 aromatic carbocycles. The molecule has 0 spiro atoms. The lowest BCUT2D eigenvalue weighted by Gasteiger charge is -2.35. The van der Waals surface area contributed by atoms with Crippen molar-refractivity contribution in [1.29, 1.82) is 0 Å². The van der Waals surface area contributed by atoms with Crippen LogP contribution in [-0.4, -0.2) is 44.9 Å². The minimum absolute atomic E-state index is 0.0360. The average molecular weight is 340 g/mol. The first-order valence-electron chi connectivity index (χ1n) is 8.30. The highest BCUT2D eigenvalue weighted by atomic mass is 19.3. The summed E-state index contributed by atoms with van der Waals surface area (Å²) in [6.07, 6.45) is 2.71. The number of hydrogen-bond acceptors (Lipinski definition) is 4. The van der Waals surface area contributed by atoms with E-state index in [1.54, 1.807) is 24.3 Å². The fraction of sp³-hybridized carbons (Fsp3) is 0.588. The number of hydrogen-bond donors (Lipinski definition) is 1. The highest BCUT2D eigenvalue weighted by Gasteiger charge is 2.27. The number of piperidine rings is 1. The van der Waals surface area contributed by atoms with Gasteiger partial charge in [0.15, 0.2) is 0 Å². The zero-order valence-corrected chi connectivity index (χ0v) is 13.4. The second-order valence-electron chi connectivity index (χ2n) is 6.23. The minimum Gasteiger partial charge on any atom is -0.435 e. The van der Waals surface area contributed by atoms with Gasteiger partial charge in [-0.15, -0.1) is 0 Å². The van der Waals surface area contributed by atoms with E-state index >= 15 is 0 Å². The van der Waals surface area contributed by atoms with Gasteiger partial charge in [0.25, 0.3) is 0 Å². The molecule has 2 aliphatic heterocycles. The number of carbonyl (C=O) groups excluding carboxylic acids is 1. The third-order valence-electron chi connectivity index (χ3n) is 4.50. The van der Waals surface area contributed by atoms with Crippen LogP contribution in [0.25, 0.3) is 0 Å². The number of halogens is 2. The van der Waals surface area contributed by atoms with Crippen molar-refractivity contribution in [2.75, 3.05) is 31.2 Å². The molecule has 0 saturated carbocycles. The predicted molar refractivity (Wildman–Crippen MR) is 85.4 cm³/mol. The van der Waals surface area contributed by atoms with E-state index in [-0.39, 0.29) is 23.6 Å². The fourth-order valence-electron chi connectivity index (χ4n) is 3.23. The third-order valence-corrected chi connectivity index (χ3v) is 4.50. The molecule has 132 valence electrons. The van der Waals surface area contributed by atoms with E-state index in [1.165, 1.54) is 0 Å². The topological polar surface area (TPSA) is 50.8 Å². The quantitative estimate of drug-likeness (QED) is 0.894. The molecule has 0 aromatic heterocycles. The van der Waals surface area contributed by atoms with Crippen LogP contribution >= 0.6 is 0 Å². The third kappa shape index (κ3) is 4.35. The van der Waals surface area contributed by atoms with Gasteiger partial charge in [0.1, 0.15) is 5.75 Å². The second-order valence-corrected chi connectivity index (χ2v) is 6.23. The Bertz CT molecular complexity index is 547. The van der Waals surface area contributed by atoms with Gasteiger partial charge in [-0.1, -0.05) is 0 Å². The van der Waals surface area contributed by atoms with Crippen LogP contribution < -0.4 is 15.0 Å². The smallest absolute Gasteiger partial charge is 0.387 e. The maximum atomic E-state index is 12.2. The van der Waals surface area contributed by atoms with Crippen molar-refractivity contribution in [2.24, 2.45) is 5.92 Å². The molecule has 2 heterocycles. The number of ether oxygens (including phenoxy) is 2. The summed E-state index contributed by atoms with van der Waals surface area (Å²) in [6, 6.07) is 6.72. The van der Waals surface area contributed by atoms with Crippen LogP contribution in [0.15, 0.2) is 24.3 Å². The molecular weight excluding hydrogens is 318 g/mol. The Kier molecular flexibility index (Phi) is 5.50. The van der Waals surface area contributed by atoms with E-state index in [0.29, 0.717) is 19.8 Å². The second kappa shape index (κ2) is 7.79. The van der Waals surface area contributed by atoms with Crippen LogP contribution in [-0.2, 0) is 9.53 Å². The summed E-state index contributed by atoms with van der Waals surface area (Å²) in [4.78, 5) is 14.4. The molecular formula is C17H22F2N2O3. The molecule has 2 saturated heterocycles. The summed E-state index contributed by atoms with van der Waals surface area (Å²) in [5, 5.41) is 3.11. The summed E-state index contributed by atoms with van der Waals surface area (Å²) >= 11 is 0. The Morgan fingerprint density at radius 2 is 2.08 bits per heavy atom. The number of nitrogens with one attached hydrogen (secondary N) is 1. The molecule has 0 radical (unpaired) electrons. The number of anilines is 1. The summed E-state index contributed by atoms with van der Waals surface area (Å²) < 4.78 is 34.0. The molecule has 2 unspecified atom stereocenters.